The molecule has 1 aliphatic heterocycles. The zero-order valence-electron chi connectivity index (χ0n) is 15.1. The number of amides is 1. The average Bonchev–Trinajstić information content (AvgIpc) is 2.31. The van der Waals surface area contributed by atoms with Gasteiger partial charge in [0.15, 0.2) is 0 Å². The van der Waals surface area contributed by atoms with E-state index < -0.39 is 0 Å². The van der Waals surface area contributed by atoms with Crippen molar-refractivity contribution < 1.29 is 4.79 Å². The SMILES string of the molecule is CCCCCCC(=O)N(CC)C1CC(C)(C)NC(C)(C)C1. The number of unbranched alkanes of at least 4 members (excludes halogenated alkanes) is 3. The summed E-state index contributed by atoms with van der Waals surface area (Å²) in [5.41, 5.74) is 0.199. The van der Waals surface area contributed by atoms with Gasteiger partial charge in [-0.25, -0.2) is 0 Å². The predicted octanol–water partition coefficient (Wildman–Crippen LogP) is 4.11. The third-order valence-electron chi connectivity index (χ3n) is 4.51. The van der Waals surface area contributed by atoms with E-state index in [2.05, 4.69) is 51.8 Å². The molecule has 1 saturated heterocycles. The minimum Gasteiger partial charge on any atom is -0.340 e. The van der Waals surface area contributed by atoms with Gasteiger partial charge in [0.25, 0.3) is 0 Å². The van der Waals surface area contributed by atoms with Crippen LogP contribution in [0.2, 0.25) is 0 Å². The van der Waals surface area contributed by atoms with Crippen molar-refractivity contribution in [2.75, 3.05) is 6.54 Å². The highest BCUT2D eigenvalue weighted by atomic mass is 16.2. The van der Waals surface area contributed by atoms with Crippen molar-refractivity contribution in [3.63, 3.8) is 0 Å². The zero-order chi connectivity index (χ0) is 16.1. The Balaban J connectivity index is 2.63. The van der Waals surface area contributed by atoms with Gasteiger partial charge >= 0.3 is 0 Å². The lowest BCUT2D eigenvalue weighted by molar-refractivity contribution is -0.135. The molecule has 0 atom stereocenters. The monoisotopic (exact) mass is 296 g/mol. The largest absolute Gasteiger partial charge is 0.340 e. The van der Waals surface area contributed by atoms with Crippen molar-refractivity contribution in [2.24, 2.45) is 0 Å². The van der Waals surface area contributed by atoms with Crippen LogP contribution in [-0.2, 0) is 4.79 Å². The maximum Gasteiger partial charge on any atom is 0.222 e. The summed E-state index contributed by atoms with van der Waals surface area (Å²) in [5.74, 6) is 0.354. The maximum atomic E-state index is 12.6. The Labute approximate surface area is 131 Å². The molecule has 3 heteroatoms. The summed E-state index contributed by atoms with van der Waals surface area (Å²) < 4.78 is 0. The standard InChI is InChI=1S/C18H36N2O/c1-7-9-10-11-12-16(21)20(8-2)15-13-17(3,4)19-18(5,6)14-15/h15,19H,7-14H2,1-6H3. The Bertz CT molecular complexity index is 320. The first kappa shape index (κ1) is 18.5. The molecular formula is C18H36N2O. The molecular weight excluding hydrogens is 260 g/mol. The lowest BCUT2D eigenvalue weighted by atomic mass is 9.79. The molecule has 0 radical (unpaired) electrons. The summed E-state index contributed by atoms with van der Waals surface area (Å²) in [7, 11) is 0. The molecule has 0 bridgehead atoms. The Morgan fingerprint density at radius 1 is 1.05 bits per heavy atom. The Morgan fingerprint density at radius 2 is 1.62 bits per heavy atom. The second-order valence-corrected chi connectivity index (χ2v) is 7.95. The first-order valence-corrected chi connectivity index (χ1v) is 8.79. The summed E-state index contributed by atoms with van der Waals surface area (Å²) >= 11 is 0. The molecule has 0 aromatic carbocycles. The van der Waals surface area contributed by atoms with Gasteiger partial charge in [0.2, 0.25) is 5.91 Å². The van der Waals surface area contributed by atoms with E-state index in [0.29, 0.717) is 11.9 Å². The van der Waals surface area contributed by atoms with Crippen LogP contribution in [0.5, 0.6) is 0 Å². The molecule has 0 aliphatic carbocycles. The fourth-order valence-electron chi connectivity index (χ4n) is 3.97. The van der Waals surface area contributed by atoms with Crippen molar-refractivity contribution in [1.29, 1.82) is 0 Å². The number of hydrogen-bond acceptors (Lipinski definition) is 2. The van der Waals surface area contributed by atoms with E-state index in [-0.39, 0.29) is 11.1 Å². The van der Waals surface area contributed by atoms with Gasteiger partial charge in [-0.1, -0.05) is 26.2 Å². The molecule has 124 valence electrons. The van der Waals surface area contributed by atoms with Gasteiger partial charge in [-0.2, -0.15) is 0 Å². The molecule has 0 aromatic rings. The quantitative estimate of drug-likeness (QED) is 0.717. The Hall–Kier alpha value is -0.570. The van der Waals surface area contributed by atoms with Gasteiger partial charge in [0.1, 0.15) is 0 Å². The molecule has 1 rings (SSSR count). The highest BCUT2D eigenvalue weighted by molar-refractivity contribution is 5.76. The van der Waals surface area contributed by atoms with Crippen molar-refractivity contribution in [1.82, 2.24) is 10.2 Å². The normalized spacial score (nSPS) is 21.2. The fraction of sp³-hybridized carbons (Fsp3) is 0.944. The van der Waals surface area contributed by atoms with Crippen LogP contribution in [0.1, 0.15) is 86.5 Å². The van der Waals surface area contributed by atoms with Crippen LogP contribution in [0.3, 0.4) is 0 Å². The van der Waals surface area contributed by atoms with Crippen LogP contribution in [-0.4, -0.2) is 34.5 Å². The van der Waals surface area contributed by atoms with Crippen molar-refractivity contribution in [2.45, 2.75) is 104 Å². The Morgan fingerprint density at radius 3 is 2.10 bits per heavy atom. The molecule has 0 spiro atoms. The number of carbonyl (C=O) groups is 1. The van der Waals surface area contributed by atoms with Crippen LogP contribution < -0.4 is 5.32 Å². The van der Waals surface area contributed by atoms with Gasteiger partial charge in [0.05, 0.1) is 0 Å². The molecule has 1 amide bonds. The summed E-state index contributed by atoms with van der Waals surface area (Å²) in [6.07, 6.45) is 7.51. The number of piperidine rings is 1. The lowest BCUT2D eigenvalue weighted by Gasteiger charge is -2.49. The maximum absolute atomic E-state index is 12.6. The third-order valence-corrected chi connectivity index (χ3v) is 4.51. The minimum absolute atomic E-state index is 0.0995. The van der Waals surface area contributed by atoms with Gasteiger partial charge in [-0.05, 0) is 53.9 Å². The third kappa shape index (κ3) is 5.98. The molecule has 1 heterocycles. The van der Waals surface area contributed by atoms with Crippen molar-refractivity contribution in [3.8, 4) is 0 Å². The summed E-state index contributed by atoms with van der Waals surface area (Å²) in [6, 6.07) is 0.375. The zero-order valence-corrected chi connectivity index (χ0v) is 15.1. The molecule has 1 fully saturated rings. The van der Waals surface area contributed by atoms with Crippen LogP contribution in [0, 0.1) is 0 Å². The average molecular weight is 296 g/mol. The summed E-state index contributed by atoms with van der Waals surface area (Å²) in [6.45, 7) is 14.2. The van der Waals surface area contributed by atoms with E-state index in [0.717, 1.165) is 32.2 Å². The fourth-order valence-corrected chi connectivity index (χ4v) is 3.97. The van der Waals surface area contributed by atoms with E-state index in [4.69, 9.17) is 0 Å². The molecule has 1 aliphatic rings. The van der Waals surface area contributed by atoms with E-state index in [1.54, 1.807) is 0 Å². The van der Waals surface area contributed by atoms with E-state index in [1.807, 2.05) is 0 Å². The molecule has 3 nitrogen and oxygen atoms in total. The molecule has 0 unspecified atom stereocenters. The predicted molar refractivity (Wildman–Crippen MR) is 90.5 cm³/mol. The highest BCUT2D eigenvalue weighted by Crippen LogP contribution is 2.31. The van der Waals surface area contributed by atoms with Crippen LogP contribution in [0.15, 0.2) is 0 Å². The summed E-state index contributed by atoms with van der Waals surface area (Å²) in [5, 5.41) is 3.70. The number of nitrogens with zero attached hydrogens (tertiary/aromatic N) is 1. The van der Waals surface area contributed by atoms with Gasteiger partial charge in [-0.3, -0.25) is 4.79 Å². The molecule has 0 saturated carbocycles. The number of rotatable bonds is 7. The molecule has 21 heavy (non-hydrogen) atoms. The Kier molecular flexibility index (Phi) is 6.71. The second kappa shape index (κ2) is 7.62. The van der Waals surface area contributed by atoms with E-state index in [9.17, 15) is 4.79 Å². The van der Waals surface area contributed by atoms with E-state index >= 15 is 0 Å². The van der Waals surface area contributed by atoms with Crippen LogP contribution in [0.4, 0.5) is 0 Å². The number of hydrogen-bond donors (Lipinski definition) is 1. The first-order valence-electron chi connectivity index (χ1n) is 8.79. The van der Waals surface area contributed by atoms with E-state index in [1.165, 1.54) is 19.3 Å². The smallest absolute Gasteiger partial charge is 0.222 e. The highest BCUT2D eigenvalue weighted by Gasteiger charge is 2.40. The van der Waals surface area contributed by atoms with Crippen molar-refractivity contribution >= 4 is 5.91 Å². The first-order chi connectivity index (χ1) is 9.71. The topological polar surface area (TPSA) is 32.3 Å². The van der Waals surface area contributed by atoms with Crippen LogP contribution in [0.25, 0.3) is 0 Å². The lowest BCUT2D eigenvalue weighted by Crippen LogP contribution is -2.62. The number of carbonyl (C=O) groups excluding carboxylic acids is 1. The number of nitrogens with one attached hydrogen (secondary N) is 1. The summed E-state index contributed by atoms with van der Waals surface area (Å²) in [4.78, 5) is 14.7. The van der Waals surface area contributed by atoms with Gasteiger partial charge in [-0.15, -0.1) is 0 Å². The second-order valence-electron chi connectivity index (χ2n) is 7.95. The van der Waals surface area contributed by atoms with Gasteiger partial charge in [0, 0.05) is 30.1 Å². The molecule has 1 N–H and O–H groups in total. The van der Waals surface area contributed by atoms with Crippen molar-refractivity contribution in [3.05, 3.63) is 0 Å². The molecule has 0 aromatic heterocycles. The van der Waals surface area contributed by atoms with Crippen LogP contribution >= 0.6 is 0 Å². The minimum atomic E-state index is 0.0995. The van der Waals surface area contributed by atoms with Gasteiger partial charge < -0.3 is 10.2 Å².